The lowest BCUT2D eigenvalue weighted by Gasteiger charge is -2.11. The van der Waals surface area contributed by atoms with E-state index >= 15 is 0 Å². The second-order valence-electron chi connectivity index (χ2n) is 4.67. The fourth-order valence-corrected chi connectivity index (χ4v) is 1.83. The Balaban J connectivity index is 1.96. The number of anilines is 1. The molecule has 1 aromatic carbocycles. The lowest BCUT2D eigenvalue weighted by Crippen LogP contribution is -2.21. The third-order valence-electron chi connectivity index (χ3n) is 3.19. The largest absolute Gasteiger partial charge is 0.483 e. The summed E-state index contributed by atoms with van der Waals surface area (Å²) in [5.41, 5.74) is 3.69. The highest BCUT2D eigenvalue weighted by molar-refractivity contribution is 5.92. The number of aromatic nitrogens is 1. The van der Waals surface area contributed by atoms with E-state index in [1.54, 1.807) is 12.3 Å². The molecule has 2 aromatic rings. The zero-order chi connectivity index (χ0) is 14.5. The molecule has 1 N–H and O–H groups in total. The standard InChI is InChI=1S/C16H18N2O2/c1-11-6-4-8-15(12(11)2)20-10-16(19)18-14-7-5-9-17-13(14)3/h4-9H,10H2,1-3H3,(H,18,19). The van der Waals surface area contributed by atoms with E-state index in [1.807, 2.05) is 45.0 Å². The monoisotopic (exact) mass is 270 g/mol. The summed E-state index contributed by atoms with van der Waals surface area (Å²) in [6, 6.07) is 9.40. The van der Waals surface area contributed by atoms with Crippen LogP contribution in [0.2, 0.25) is 0 Å². The number of hydrogen-bond donors (Lipinski definition) is 1. The number of carbonyl (C=O) groups excluding carboxylic acids is 1. The molecule has 4 nitrogen and oxygen atoms in total. The number of carbonyl (C=O) groups is 1. The molecule has 0 aliphatic heterocycles. The van der Waals surface area contributed by atoms with Gasteiger partial charge in [-0.2, -0.15) is 0 Å². The van der Waals surface area contributed by atoms with Crippen LogP contribution in [0.25, 0.3) is 0 Å². The highest BCUT2D eigenvalue weighted by Gasteiger charge is 2.07. The van der Waals surface area contributed by atoms with Crippen molar-refractivity contribution in [2.24, 2.45) is 0 Å². The van der Waals surface area contributed by atoms with Gasteiger partial charge in [0.15, 0.2) is 6.61 Å². The Hall–Kier alpha value is -2.36. The first kappa shape index (κ1) is 14.1. The summed E-state index contributed by atoms with van der Waals surface area (Å²) in [4.78, 5) is 16.0. The number of nitrogens with one attached hydrogen (secondary N) is 1. The molecular weight excluding hydrogens is 252 g/mol. The minimum atomic E-state index is -0.193. The molecule has 0 aliphatic carbocycles. The van der Waals surface area contributed by atoms with Gasteiger partial charge in [-0.15, -0.1) is 0 Å². The summed E-state index contributed by atoms with van der Waals surface area (Å²) in [5, 5.41) is 2.79. The van der Waals surface area contributed by atoms with Crippen LogP contribution in [-0.4, -0.2) is 17.5 Å². The molecule has 0 saturated heterocycles. The van der Waals surface area contributed by atoms with Gasteiger partial charge in [0, 0.05) is 6.20 Å². The first-order valence-corrected chi connectivity index (χ1v) is 6.48. The minimum Gasteiger partial charge on any atom is -0.483 e. The Labute approximate surface area is 118 Å². The van der Waals surface area contributed by atoms with E-state index in [2.05, 4.69) is 10.3 Å². The van der Waals surface area contributed by atoms with Crippen molar-refractivity contribution in [1.29, 1.82) is 0 Å². The van der Waals surface area contributed by atoms with E-state index in [4.69, 9.17) is 4.74 Å². The maximum Gasteiger partial charge on any atom is 0.262 e. The molecule has 2 rings (SSSR count). The molecule has 4 heteroatoms. The summed E-state index contributed by atoms with van der Waals surface area (Å²) < 4.78 is 5.56. The number of aryl methyl sites for hydroxylation is 2. The highest BCUT2D eigenvalue weighted by atomic mass is 16.5. The van der Waals surface area contributed by atoms with Crippen LogP contribution in [0.3, 0.4) is 0 Å². The summed E-state index contributed by atoms with van der Waals surface area (Å²) in [6.45, 7) is 5.83. The van der Waals surface area contributed by atoms with Crippen molar-refractivity contribution in [2.75, 3.05) is 11.9 Å². The number of ether oxygens (including phenoxy) is 1. The van der Waals surface area contributed by atoms with E-state index in [9.17, 15) is 4.79 Å². The Bertz CT molecular complexity index is 624. The molecule has 1 aromatic heterocycles. The molecule has 0 bridgehead atoms. The minimum absolute atomic E-state index is 0.0153. The zero-order valence-electron chi connectivity index (χ0n) is 11.9. The van der Waals surface area contributed by atoms with E-state index in [0.29, 0.717) is 5.69 Å². The van der Waals surface area contributed by atoms with Gasteiger partial charge in [-0.3, -0.25) is 9.78 Å². The lowest BCUT2D eigenvalue weighted by molar-refractivity contribution is -0.118. The smallest absolute Gasteiger partial charge is 0.262 e. The molecule has 1 amide bonds. The van der Waals surface area contributed by atoms with Crippen molar-refractivity contribution >= 4 is 11.6 Å². The maximum absolute atomic E-state index is 11.9. The van der Waals surface area contributed by atoms with Crippen LogP contribution >= 0.6 is 0 Å². The highest BCUT2D eigenvalue weighted by Crippen LogP contribution is 2.20. The molecule has 0 atom stereocenters. The van der Waals surface area contributed by atoms with Crippen molar-refractivity contribution in [3.63, 3.8) is 0 Å². The third-order valence-corrected chi connectivity index (χ3v) is 3.19. The average molecular weight is 270 g/mol. The molecule has 0 saturated carbocycles. The van der Waals surface area contributed by atoms with Crippen molar-refractivity contribution in [1.82, 2.24) is 4.98 Å². The van der Waals surface area contributed by atoms with E-state index in [-0.39, 0.29) is 12.5 Å². The van der Waals surface area contributed by atoms with Gasteiger partial charge in [-0.05, 0) is 50.1 Å². The van der Waals surface area contributed by atoms with Crippen LogP contribution in [-0.2, 0) is 4.79 Å². The van der Waals surface area contributed by atoms with E-state index in [0.717, 1.165) is 22.6 Å². The first-order valence-electron chi connectivity index (χ1n) is 6.48. The summed E-state index contributed by atoms with van der Waals surface area (Å²) in [5.74, 6) is 0.546. The number of rotatable bonds is 4. The van der Waals surface area contributed by atoms with Crippen molar-refractivity contribution in [3.8, 4) is 5.75 Å². The fraction of sp³-hybridized carbons (Fsp3) is 0.250. The molecule has 0 unspecified atom stereocenters. The Kier molecular flexibility index (Phi) is 4.35. The van der Waals surface area contributed by atoms with Gasteiger partial charge in [0.2, 0.25) is 0 Å². The molecule has 20 heavy (non-hydrogen) atoms. The average Bonchev–Trinajstić information content (AvgIpc) is 2.43. The van der Waals surface area contributed by atoms with Crippen LogP contribution in [0.1, 0.15) is 16.8 Å². The quantitative estimate of drug-likeness (QED) is 0.929. The van der Waals surface area contributed by atoms with E-state index in [1.165, 1.54) is 0 Å². The molecule has 104 valence electrons. The van der Waals surface area contributed by atoms with Gasteiger partial charge < -0.3 is 10.1 Å². The van der Waals surface area contributed by atoms with Crippen LogP contribution in [0, 0.1) is 20.8 Å². The Morgan fingerprint density at radius 1 is 1.20 bits per heavy atom. The number of hydrogen-bond acceptors (Lipinski definition) is 3. The Morgan fingerprint density at radius 2 is 2.00 bits per heavy atom. The molecule has 0 spiro atoms. The predicted molar refractivity (Wildman–Crippen MR) is 79.0 cm³/mol. The van der Waals surface area contributed by atoms with Crippen molar-refractivity contribution in [3.05, 3.63) is 53.3 Å². The molecule has 0 fully saturated rings. The number of amides is 1. The van der Waals surface area contributed by atoms with Crippen molar-refractivity contribution < 1.29 is 9.53 Å². The van der Waals surface area contributed by atoms with Crippen LogP contribution in [0.5, 0.6) is 5.75 Å². The first-order chi connectivity index (χ1) is 9.58. The second kappa shape index (κ2) is 6.19. The summed E-state index contributed by atoms with van der Waals surface area (Å²) in [7, 11) is 0. The number of pyridine rings is 1. The number of nitrogens with zero attached hydrogens (tertiary/aromatic N) is 1. The van der Waals surface area contributed by atoms with Gasteiger partial charge in [0.05, 0.1) is 11.4 Å². The van der Waals surface area contributed by atoms with Crippen molar-refractivity contribution in [2.45, 2.75) is 20.8 Å². The van der Waals surface area contributed by atoms with Gasteiger partial charge in [-0.25, -0.2) is 0 Å². The van der Waals surface area contributed by atoms with Gasteiger partial charge in [0.25, 0.3) is 5.91 Å². The maximum atomic E-state index is 11.9. The van der Waals surface area contributed by atoms with Gasteiger partial charge in [-0.1, -0.05) is 12.1 Å². The third kappa shape index (κ3) is 3.35. The molecular formula is C16H18N2O2. The summed E-state index contributed by atoms with van der Waals surface area (Å²) >= 11 is 0. The molecule has 0 radical (unpaired) electrons. The van der Waals surface area contributed by atoms with Gasteiger partial charge in [0.1, 0.15) is 5.75 Å². The summed E-state index contributed by atoms with van der Waals surface area (Å²) in [6.07, 6.45) is 1.69. The lowest BCUT2D eigenvalue weighted by atomic mass is 10.1. The normalized spacial score (nSPS) is 10.2. The molecule has 1 heterocycles. The van der Waals surface area contributed by atoms with Crippen LogP contribution < -0.4 is 10.1 Å². The number of benzene rings is 1. The zero-order valence-corrected chi connectivity index (χ0v) is 11.9. The Morgan fingerprint density at radius 3 is 2.75 bits per heavy atom. The topological polar surface area (TPSA) is 51.2 Å². The van der Waals surface area contributed by atoms with Gasteiger partial charge >= 0.3 is 0 Å². The van der Waals surface area contributed by atoms with E-state index < -0.39 is 0 Å². The SMILES string of the molecule is Cc1cccc(OCC(=O)Nc2cccnc2C)c1C. The second-order valence-corrected chi connectivity index (χ2v) is 4.67. The predicted octanol–water partition coefficient (Wildman–Crippen LogP) is 3.02. The van der Waals surface area contributed by atoms with Crippen LogP contribution in [0.4, 0.5) is 5.69 Å². The fourth-order valence-electron chi connectivity index (χ4n) is 1.83. The van der Waals surface area contributed by atoms with Crippen LogP contribution in [0.15, 0.2) is 36.5 Å². The molecule has 0 aliphatic rings.